The molecule has 0 amide bonds. The second-order valence-corrected chi connectivity index (χ2v) is 4.61. The van der Waals surface area contributed by atoms with E-state index in [1.54, 1.807) is 18.3 Å². The molecule has 1 N–H and O–H groups in total. The second kappa shape index (κ2) is 4.72. The third-order valence-electron chi connectivity index (χ3n) is 2.96. The van der Waals surface area contributed by atoms with Crippen molar-refractivity contribution < 1.29 is 14.6 Å². The van der Waals surface area contributed by atoms with E-state index in [1.165, 1.54) is 0 Å². The number of rotatable bonds is 2. The number of nitrogens with zero attached hydrogens (tertiary/aromatic N) is 1. The molecule has 1 aromatic heterocycles. The summed E-state index contributed by atoms with van der Waals surface area (Å²) < 4.78 is 10.9. The maximum absolute atomic E-state index is 9.68. The highest BCUT2D eigenvalue weighted by atomic mass is 35.5. The fourth-order valence-electron chi connectivity index (χ4n) is 2.01. The number of ether oxygens (including phenoxy) is 2. The molecule has 2 heterocycles. The summed E-state index contributed by atoms with van der Waals surface area (Å²) in [5, 5.41) is 11.2. The molecule has 0 saturated carbocycles. The van der Waals surface area contributed by atoms with E-state index in [0.717, 1.165) is 5.39 Å². The number of aromatic nitrogens is 1. The zero-order valence-corrected chi connectivity index (χ0v) is 10.3. The predicted octanol–water partition coefficient (Wildman–Crippen LogP) is 2.03. The van der Waals surface area contributed by atoms with Crippen LogP contribution in [0.3, 0.4) is 0 Å². The fraction of sp³-hybridized carbons (Fsp3) is 0.308. The molecule has 1 fully saturated rings. The van der Waals surface area contributed by atoms with Crippen LogP contribution in [0.1, 0.15) is 0 Å². The molecule has 18 heavy (non-hydrogen) atoms. The molecule has 4 nitrogen and oxygen atoms in total. The van der Waals surface area contributed by atoms with Crippen molar-refractivity contribution in [2.24, 2.45) is 0 Å². The Hall–Kier alpha value is -1.36. The first-order valence-corrected chi connectivity index (χ1v) is 6.09. The Bertz CT molecular complexity index is 575. The molecule has 1 aliphatic heterocycles. The summed E-state index contributed by atoms with van der Waals surface area (Å²) in [6, 6.07) is 7.25. The molecule has 1 saturated heterocycles. The minimum absolute atomic E-state index is 0.309. The Kier molecular flexibility index (Phi) is 3.07. The monoisotopic (exact) mass is 265 g/mol. The zero-order valence-electron chi connectivity index (χ0n) is 9.54. The highest BCUT2D eigenvalue weighted by molar-refractivity contribution is 6.35. The van der Waals surface area contributed by atoms with Gasteiger partial charge in [-0.25, -0.2) is 0 Å². The minimum atomic E-state index is -0.598. The third kappa shape index (κ3) is 2.03. The highest BCUT2D eigenvalue weighted by Crippen LogP contribution is 2.30. The lowest BCUT2D eigenvalue weighted by molar-refractivity contribution is 0.0742. The van der Waals surface area contributed by atoms with E-state index in [1.807, 2.05) is 12.1 Å². The smallest absolute Gasteiger partial charge is 0.150 e. The van der Waals surface area contributed by atoms with Gasteiger partial charge in [0.15, 0.2) is 6.10 Å². The number of pyridine rings is 1. The Morgan fingerprint density at radius 2 is 2.22 bits per heavy atom. The van der Waals surface area contributed by atoms with E-state index < -0.39 is 6.10 Å². The SMILES string of the molecule is O[C@@H]1COC[C@H]1Oc1ccc(Cl)c2cccnc12. The van der Waals surface area contributed by atoms with Crippen molar-refractivity contribution in [1.29, 1.82) is 0 Å². The van der Waals surface area contributed by atoms with Gasteiger partial charge in [-0.05, 0) is 24.3 Å². The molecule has 0 radical (unpaired) electrons. The minimum Gasteiger partial charge on any atom is -0.483 e. The first kappa shape index (κ1) is 11.7. The fourth-order valence-corrected chi connectivity index (χ4v) is 2.22. The first-order chi connectivity index (χ1) is 8.75. The Morgan fingerprint density at radius 3 is 3.00 bits per heavy atom. The van der Waals surface area contributed by atoms with Gasteiger partial charge in [-0.3, -0.25) is 4.98 Å². The summed E-state index contributed by atoms with van der Waals surface area (Å²) in [6.07, 6.45) is 0.739. The molecule has 5 heteroatoms. The first-order valence-electron chi connectivity index (χ1n) is 5.71. The van der Waals surface area contributed by atoms with Crippen molar-refractivity contribution >= 4 is 22.5 Å². The summed E-state index contributed by atoms with van der Waals surface area (Å²) >= 11 is 6.10. The zero-order chi connectivity index (χ0) is 12.5. The summed E-state index contributed by atoms with van der Waals surface area (Å²) in [5.74, 6) is 0.615. The maximum Gasteiger partial charge on any atom is 0.150 e. The number of hydrogen-bond acceptors (Lipinski definition) is 4. The number of aliphatic hydroxyl groups excluding tert-OH is 1. The molecule has 0 bridgehead atoms. The van der Waals surface area contributed by atoms with Crippen LogP contribution in [-0.4, -0.2) is 35.5 Å². The molecule has 2 atom stereocenters. The Labute approximate surface area is 109 Å². The number of benzene rings is 1. The standard InChI is InChI=1S/C13H12ClNO3/c14-9-3-4-11(13-8(9)2-1-5-15-13)18-12-7-17-6-10(12)16/h1-5,10,12,16H,6-7H2/t10-,12-/m1/s1. The topological polar surface area (TPSA) is 51.6 Å². The van der Waals surface area contributed by atoms with Gasteiger partial charge in [-0.15, -0.1) is 0 Å². The van der Waals surface area contributed by atoms with Gasteiger partial charge < -0.3 is 14.6 Å². The van der Waals surface area contributed by atoms with Crippen molar-refractivity contribution in [3.05, 3.63) is 35.5 Å². The molecular formula is C13H12ClNO3. The summed E-state index contributed by atoms with van der Waals surface area (Å²) in [5.41, 5.74) is 0.698. The van der Waals surface area contributed by atoms with Crippen molar-refractivity contribution in [3.8, 4) is 5.75 Å². The average molecular weight is 266 g/mol. The molecule has 0 unspecified atom stereocenters. The largest absolute Gasteiger partial charge is 0.483 e. The number of halogens is 1. The van der Waals surface area contributed by atoms with E-state index in [9.17, 15) is 5.11 Å². The van der Waals surface area contributed by atoms with Gasteiger partial charge in [0.1, 0.15) is 17.4 Å². The molecular weight excluding hydrogens is 254 g/mol. The molecule has 0 aliphatic carbocycles. The van der Waals surface area contributed by atoms with Gasteiger partial charge in [-0.2, -0.15) is 0 Å². The van der Waals surface area contributed by atoms with Gasteiger partial charge in [0.25, 0.3) is 0 Å². The van der Waals surface area contributed by atoms with Crippen molar-refractivity contribution in [2.45, 2.75) is 12.2 Å². The molecule has 3 rings (SSSR count). The van der Waals surface area contributed by atoms with Crippen molar-refractivity contribution in [3.63, 3.8) is 0 Å². The highest BCUT2D eigenvalue weighted by Gasteiger charge is 2.28. The quantitative estimate of drug-likeness (QED) is 0.903. The summed E-state index contributed by atoms with van der Waals surface area (Å²) in [4.78, 5) is 4.28. The van der Waals surface area contributed by atoms with Crippen molar-refractivity contribution in [1.82, 2.24) is 4.98 Å². The van der Waals surface area contributed by atoms with Crippen LogP contribution < -0.4 is 4.74 Å². The van der Waals surface area contributed by atoms with Gasteiger partial charge in [0.2, 0.25) is 0 Å². The van der Waals surface area contributed by atoms with Crippen molar-refractivity contribution in [2.75, 3.05) is 13.2 Å². The molecule has 94 valence electrons. The van der Waals surface area contributed by atoms with Crippen LogP contribution in [-0.2, 0) is 4.74 Å². The van der Waals surface area contributed by atoms with Crippen LogP contribution in [0.4, 0.5) is 0 Å². The van der Waals surface area contributed by atoms with Gasteiger partial charge in [-0.1, -0.05) is 11.6 Å². The van der Waals surface area contributed by atoms with Crippen LogP contribution in [0.15, 0.2) is 30.5 Å². The van der Waals surface area contributed by atoms with Gasteiger partial charge >= 0.3 is 0 Å². The normalized spacial score (nSPS) is 23.4. The average Bonchev–Trinajstić information content (AvgIpc) is 2.79. The van der Waals surface area contributed by atoms with Gasteiger partial charge in [0.05, 0.1) is 18.2 Å². The predicted molar refractivity (Wildman–Crippen MR) is 68.0 cm³/mol. The molecule has 2 aromatic rings. The van der Waals surface area contributed by atoms with E-state index >= 15 is 0 Å². The van der Waals surface area contributed by atoms with Crippen LogP contribution >= 0.6 is 11.6 Å². The lowest BCUT2D eigenvalue weighted by atomic mass is 10.2. The number of aliphatic hydroxyl groups is 1. The van der Waals surface area contributed by atoms with Crippen LogP contribution in [0.25, 0.3) is 10.9 Å². The maximum atomic E-state index is 9.68. The van der Waals surface area contributed by atoms with Gasteiger partial charge in [0, 0.05) is 11.6 Å². The molecule has 0 spiro atoms. The van der Waals surface area contributed by atoms with Crippen LogP contribution in [0, 0.1) is 0 Å². The summed E-state index contributed by atoms with van der Waals surface area (Å²) in [7, 11) is 0. The molecule has 1 aliphatic rings. The second-order valence-electron chi connectivity index (χ2n) is 4.21. The van der Waals surface area contributed by atoms with Crippen LogP contribution in [0.2, 0.25) is 5.02 Å². The Balaban J connectivity index is 1.99. The Morgan fingerprint density at radius 1 is 1.33 bits per heavy atom. The number of fused-ring (bicyclic) bond motifs is 1. The molecule has 1 aromatic carbocycles. The lowest BCUT2D eigenvalue weighted by Crippen LogP contribution is -2.29. The number of hydrogen-bond donors (Lipinski definition) is 1. The van der Waals surface area contributed by atoms with E-state index in [0.29, 0.717) is 29.5 Å². The van der Waals surface area contributed by atoms with E-state index in [-0.39, 0.29) is 6.10 Å². The van der Waals surface area contributed by atoms with E-state index in [4.69, 9.17) is 21.1 Å². The van der Waals surface area contributed by atoms with E-state index in [2.05, 4.69) is 4.98 Å². The summed E-state index contributed by atoms with van der Waals surface area (Å²) in [6.45, 7) is 0.696. The van der Waals surface area contributed by atoms with Crippen LogP contribution in [0.5, 0.6) is 5.75 Å². The lowest BCUT2D eigenvalue weighted by Gasteiger charge is -2.16. The third-order valence-corrected chi connectivity index (χ3v) is 3.29.